The smallest absolute Gasteiger partial charge is 0.229 e. The second kappa shape index (κ2) is 11.4. The summed E-state index contributed by atoms with van der Waals surface area (Å²) in [5.74, 6) is 0.717. The number of carbonyl (C=O) groups excluding carboxylic acids is 2. The standard InChI is InChI=1S/C30H38ClN3O2/c31-26-12-10-23(11-13-26)22-34-21-17-30(29(34)36)15-19-33(20-16-30)18-14-27(24-6-2-1-3-7-24)32-28(35)25-8-4-5-9-25/h1-3,6-7,10-13,25,27H,4-5,8-9,14-22H2,(H,32,35)/t27-/m0/s1. The Bertz CT molecular complexity index is 1030. The predicted octanol–water partition coefficient (Wildman–Crippen LogP) is 5.59. The van der Waals surface area contributed by atoms with Crippen molar-refractivity contribution in [3.8, 4) is 0 Å². The average Bonchev–Trinajstić information content (AvgIpc) is 3.55. The first-order chi connectivity index (χ1) is 17.5. The lowest BCUT2D eigenvalue weighted by atomic mass is 9.77. The molecule has 36 heavy (non-hydrogen) atoms. The van der Waals surface area contributed by atoms with Crippen LogP contribution in [-0.2, 0) is 16.1 Å². The molecule has 1 aliphatic carbocycles. The second-order valence-corrected chi connectivity index (χ2v) is 11.4. The summed E-state index contributed by atoms with van der Waals surface area (Å²) in [7, 11) is 0. The summed E-state index contributed by atoms with van der Waals surface area (Å²) in [6.45, 7) is 4.33. The number of rotatable bonds is 8. The monoisotopic (exact) mass is 507 g/mol. The van der Waals surface area contributed by atoms with E-state index >= 15 is 0 Å². The van der Waals surface area contributed by atoms with Gasteiger partial charge in [0.15, 0.2) is 0 Å². The summed E-state index contributed by atoms with van der Waals surface area (Å²) in [6, 6.07) is 18.2. The van der Waals surface area contributed by atoms with E-state index in [1.165, 1.54) is 18.4 Å². The predicted molar refractivity (Wildman–Crippen MR) is 143 cm³/mol. The van der Waals surface area contributed by atoms with Gasteiger partial charge in [0.1, 0.15) is 0 Å². The van der Waals surface area contributed by atoms with Gasteiger partial charge in [-0.25, -0.2) is 0 Å². The number of hydrogen-bond donors (Lipinski definition) is 1. The summed E-state index contributed by atoms with van der Waals surface area (Å²) in [6.07, 6.45) is 8.07. The number of piperidine rings is 1. The van der Waals surface area contributed by atoms with Crippen LogP contribution in [0.3, 0.4) is 0 Å². The van der Waals surface area contributed by atoms with Gasteiger partial charge >= 0.3 is 0 Å². The van der Waals surface area contributed by atoms with Gasteiger partial charge in [0.2, 0.25) is 11.8 Å². The molecule has 192 valence electrons. The van der Waals surface area contributed by atoms with Gasteiger partial charge in [0.25, 0.3) is 0 Å². The van der Waals surface area contributed by atoms with Crippen molar-refractivity contribution in [3.63, 3.8) is 0 Å². The van der Waals surface area contributed by atoms with Gasteiger partial charge in [-0.3, -0.25) is 9.59 Å². The molecule has 2 aliphatic heterocycles. The number of halogens is 1. The van der Waals surface area contributed by atoms with Gasteiger partial charge in [0.05, 0.1) is 11.5 Å². The number of hydrogen-bond acceptors (Lipinski definition) is 3. The third kappa shape index (κ3) is 5.78. The molecule has 3 aliphatic rings. The van der Waals surface area contributed by atoms with Crippen molar-refractivity contribution >= 4 is 23.4 Å². The molecule has 2 aromatic rings. The molecule has 5 rings (SSSR count). The van der Waals surface area contributed by atoms with Gasteiger partial charge in [0, 0.05) is 30.6 Å². The Kier molecular flexibility index (Phi) is 7.97. The highest BCUT2D eigenvalue weighted by atomic mass is 35.5. The number of amides is 2. The van der Waals surface area contributed by atoms with Gasteiger partial charge in [-0.1, -0.05) is 66.9 Å². The van der Waals surface area contributed by atoms with Gasteiger partial charge in [-0.2, -0.15) is 0 Å². The van der Waals surface area contributed by atoms with E-state index in [-0.39, 0.29) is 23.3 Å². The summed E-state index contributed by atoms with van der Waals surface area (Å²) >= 11 is 6.02. The molecule has 0 radical (unpaired) electrons. The molecule has 0 aromatic heterocycles. The average molecular weight is 508 g/mol. The normalized spacial score (nSPS) is 21.2. The number of carbonyl (C=O) groups is 2. The molecule has 2 aromatic carbocycles. The van der Waals surface area contributed by atoms with E-state index in [2.05, 4.69) is 34.5 Å². The zero-order valence-electron chi connectivity index (χ0n) is 21.1. The SMILES string of the molecule is O=C(N[C@@H](CCN1CCC2(CC1)CCN(Cc1ccc(Cl)cc1)C2=O)c1ccccc1)C1CCCC1. The molecule has 6 heteroatoms. The van der Waals surface area contributed by atoms with Crippen molar-refractivity contribution in [2.24, 2.45) is 11.3 Å². The van der Waals surface area contributed by atoms with Crippen LogP contribution in [0, 0.1) is 11.3 Å². The van der Waals surface area contributed by atoms with Crippen LogP contribution in [0.5, 0.6) is 0 Å². The highest BCUT2D eigenvalue weighted by molar-refractivity contribution is 6.30. The van der Waals surface area contributed by atoms with Crippen LogP contribution >= 0.6 is 11.6 Å². The summed E-state index contributed by atoms with van der Waals surface area (Å²) < 4.78 is 0. The molecule has 2 heterocycles. The first-order valence-electron chi connectivity index (χ1n) is 13.6. The van der Waals surface area contributed by atoms with Crippen LogP contribution in [0.25, 0.3) is 0 Å². The molecule has 3 fully saturated rings. The van der Waals surface area contributed by atoms with E-state index in [4.69, 9.17) is 11.6 Å². The molecule has 1 spiro atoms. The number of nitrogens with zero attached hydrogens (tertiary/aromatic N) is 2. The molecule has 0 bridgehead atoms. The van der Waals surface area contributed by atoms with Crippen molar-refractivity contribution in [1.29, 1.82) is 0 Å². The van der Waals surface area contributed by atoms with Crippen LogP contribution in [0.15, 0.2) is 54.6 Å². The minimum Gasteiger partial charge on any atom is -0.349 e. The summed E-state index contributed by atoms with van der Waals surface area (Å²) in [4.78, 5) is 30.8. The third-order valence-corrected chi connectivity index (χ3v) is 8.93. The number of likely N-dealkylation sites (tertiary alicyclic amines) is 2. The van der Waals surface area contributed by atoms with Gasteiger partial charge < -0.3 is 15.1 Å². The molecular formula is C30H38ClN3O2. The molecule has 1 saturated carbocycles. The summed E-state index contributed by atoms with van der Waals surface area (Å²) in [5.41, 5.74) is 2.12. The van der Waals surface area contributed by atoms with Crippen molar-refractivity contribution in [2.45, 2.75) is 64.0 Å². The Balaban J connectivity index is 1.14. The molecule has 1 N–H and O–H groups in total. The largest absolute Gasteiger partial charge is 0.349 e. The molecule has 2 saturated heterocycles. The Morgan fingerprint density at radius 2 is 1.64 bits per heavy atom. The Labute approximate surface area is 220 Å². The maximum atomic E-state index is 13.4. The van der Waals surface area contributed by atoms with E-state index in [0.29, 0.717) is 12.5 Å². The van der Waals surface area contributed by atoms with Crippen LogP contribution in [0.4, 0.5) is 0 Å². The third-order valence-electron chi connectivity index (χ3n) is 8.68. The lowest BCUT2D eigenvalue weighted by Crippen LogP contribution is -2.45. The minimum absolute atomic E-state index is 0.0400. The molecule has 2 amide bonds. The Morgan fingerprint density at radius 3 is 2.33 bits per heavy atom. The highest BCUT2D eigenvalue weighted by Crippen LogP contribution is 2.42. The fraction of sp³-hybridized carbons (Fsp3) is 0.533. The number of nitrogens with one attached hydrogen (secondary N) is 1. The zero-order chi connectivity index (χ0) is 25.0. The van der Waals surface area contributed by atoms with Crippen molar-refractivity contribution < 1.29 is 9.59 Å². The molecule has 1 atom stereocenters. The minimum atomic E-state index is -0.196. The highest BCUT2D eigenvalue weighted by Gasteiger charge is 2.47. The lowest BCUT2D eigenvalue weighted by Gasteiger charge is -2.38. The van der Waals surface area contributed by atoms with Crippen molar-refractivity contribution in [2.75, 3.05) is 26.2 Å². The maximum absolute atomic E-state index is 13.4. The van der Waals surface area contributed by atoms with Gasteiger partial charge in [-0.05, 0) is 74.9 Å². The lowest BCUT2D eigenvalue weighted by molar-refractivity contribution is -0.139. The maximum Gasteiger partial charge on any atom is 0.229 e. The van der Waals surface area contributed by atoms with Crippen LogP contribution < -0.4 is 5.32 Å². The van der Waals surface area contributed by atoms with Crippen LogP contribution in [0.1, 0.15) is 68.5 Å². The topological polar surface area (TPSA) is 52.7 Å². The zero-order valence-corrected chi connectivity index (χ0v) is 21.9. The van der Waals surface area contributed by atoms with E-state index in [1.54, 1.807) is 0 Å². The van der Waals surface area contributed by atoms with E-state index in [0.717, 1.165) is 75.3 Å². The van der Waals surface area contributed by atoms with E-state index in [1.807, 2.05) is 35.2 Å². The van der Waals surface area contributed by atoms with E-state index < -0.39 is 0 Å². The van der Waals surface area contributed by atoms with Crippen molar-refractivity contribution in [1.82, 2.24) is 15.1 Å². The van der Waals surface area contributed by atoms with E-state index in [9.17, 15) is 9.59 Å². The second-order valence-electron chi connectivity index (χ2n) is 11.0. The van der Waals surface area contributed by atoms with Crippen LogP contribution in [0.2, 0.25) is 5.02 Å². The fourth-order valence-corrected chi connectivity index (χ4v) is 6.45. The molecule has 0 unspecified atom stereocenters. The first-order valence-corrected chi connectivity index (χ1v) is 14.0. The first kappa shape index (κ1) is 25.3. The van der Waals surface area contributed by atoms with Gasteiger partial charge in [-0.15, -0.1) is 0 Å². The van der Waals surface area contributed by atoms with Crippen molar-refractivity contribution in [3.05, 3.63) is 70.7 Å². The van der Waals surface area contributed by atoms with Crippen LogP contribution in [-0.4, -0.2) is 47.8 Å². The fourth-order valence-electron chi connectivity index (χ4n) is 6.32. The Hall–Kier alpha value is -2.37. The molecular weight excluding hydrogens is 470 g/mol. The summed E-state index contributed by atoms with van der Waals surface area (Å²) in [5, 5.41) is 4.09. The molecule has 5 nitrogen and oxygen atoms in total. The number of benzene rings is 2. The Morgan fingerprint density at radius 1 is 0.972 bits per heavy atom. The quantitative estimate of drug-likeness (QED) is 0.506.